The van der Waals surface area contributed by atoms with Crippen LogP contribution in [0, 0.1) is 23.2 Å². The topological polar surface area (TPSA) is 52.9 Å². The van der Waals surface area contributed by atoms with Crippen molar-refractivity contribution in [3.63, 3.8) is 0 Å². The summed E-state index contributed by atoms with van der Waals surface area (Å²) in [5.41, 5.74) is 1.42. The van der Waals surface area contributed by atoms with Gasteiger partial charge in [-0.2, -0.15) is 5.26 Å². The molecule has 0 aromatic heterocycles. The number of carbonyl (C=O) groups is 1. The Morgan fingerprint density at radius 2 is 2.33 bits per heavy atom. The quantitative estimate of drug-likeness (QED) is 0.579. The van der Waals surface area contributed by atoms with Gasteiger partial charge in [0.1, 0.15) is 0 Å². The van der Waals surface area contributed by atoms with Gasteiger partial charge in [-0.3, -0.25) is 4.79 Å². The third-order valence-corrected chi connectivity index (χ3v) is 1.64. The van der Waals surface area contributed by atoms with Crippen LogP contribution in [0.4, 0.5) is 5.69 Å². The Bertz CT molecular complexity index is 460. The van der Waals surface area contributed by atoms with Crippen molar-refractivity contribution >= 4 is 11.5 Å². The Morgan fingerprint density at radius 3 is 3.00 bits per heavy atom. The summed E-state index contributed by atoms with van der Waals surface area (Å²) in [4.78, 5) is 10.5. The Kier molecular flexibility index (Phi) is 3.94. The van der Waals surface area contributed by atoms with Crippen LogP contribution in [0.2, 0.25) is 0 Å². The molecule has 0 unspecified atom stereocenters. The second-order valence-corrected chi connectivity index (χ2v) is 2.90. The lowest BCUT2D eigenvalue weighted by Gasteiger charge is -2.01. The van der Waals surface area contributed by atoms with Gasteiger partial charge in [-0.25, -0.2) is 0 Å². The highest BCUT2D eigenvalue weighted by molar-refractivity contribution is 5.93. The molecular formula is C12H10N2O. The van der Waals surface area contributed by atoms with Crippen LogP contribution in [0.3, 0.4) is 0 Å². The van der Waals surface area contributed by atoms with E-state index >= 15 is 0 Å². The molecule has 1 N–H and O–H groups in total. The molecule has 1 aromatic carbocycles. The fraction of sp³-hybridized carbons (Fsp3) is 0.167. The summed E-state index contributed by atoms with van der Waals surface area (Å²) < 4.78 is 0. The summed E-state index contributed by atoms with van der Waals surface area (Å²) >= 11 is 0. The van der Waals surface area contributed by atoms with E-state index in [-0.39, 0.29) is 5.78 Å². The summed E-state index contributed by atoms with van der Waals surface area (Å²) in [6.07, 6.45) is 0. The number of nitrogens with zero attached hydrogens (tertiary/aromatic N) is 1. The van der Waals surface area contributed by atoms with Gasteiger partial charge >= 0.3 is 0 Å². The van der Waals surface area contributed by atoms with E-state index in [9.17, 15) is 4.79 Å². The molecule has 0 saturated heterocycles. The standard InChI is InChI=1S/C12H10N2O/c1-10(15)4-3-7-14-12-6-2-5-11(8-12)9-13/h2,5-6,8,14H,7H2,1H3. The Morgan fingerprint density at radius 1 is 1.53 bits per heavy atom. The molecule has 0 fully saturated rings. The SMILES string of the molecule is CC(=O)C#CCNc1cccc(C#N)c1. The van der Waals surface area contributed by atoms with E-state index in [1.165, 1.54) is 6.92 Å². The fourth-order valence-corrected chi connectivity index (χ4v) is 1.01. The Labute approximate surface area is 88.7 Å². The molecule has 0 atom stereocenters. The van der Waals surface area contributed by atoms with Crippen molar-refractivity contribution in [2.75, 3.05) is 11.9 Å². The molecule has 0 heterocycles. The number of nitrogens with one attached hydrogen (secondary N) is 1. The van der Waals surface area contributed by atoms with Gasteiger partial charge < -0.3 is 5.32 Å². The molecule has 0 aliphatic carbocycles. The van der Waals surface area contributed by atoms with Gasteiger partial charge in [0.25, 0.3) is 0 Å². The van der Waals surface area contributed by atoms with Crippen LogP contribution < -0.4 is 5.32 Å². The maximum atomic E-state index is 10.5. The highest BCUT2D eigenvalue weighted by Gasteiger charge is 1.92. The summed E-state index contributed by atoms with van der Waals surface area (Å²) in [6, 6.07) is 9.14. The van der Waals surface area contributed by atoms with E-state index in [1.54, 1.807) is 18.2 Å². The van der Waals surface area contributed by atoms with Gasteiger partial charge in [0, 0.05) is 12.6 Å². The van der Waals surface area contributed by atoms with Gasteiger partial charge in [-0.05, 0) is 24.1 Å². The molecule has 0 amide bonds. The first-order valence-corrected chi connectivity index (χ1v) is 4.46. The van der Waals surface area contributed by atoms with Crippen molar-refractivity contribution in [1.82, 2.24) is 0 Å². The molecule has 15 heavy (non-hydrogen) atoms. The molecule has 1 aromatic rings. The van der Waals surface area contributed by atoms with Crippen LogP contribution in [0.15, 0.2) is 24.3 Å². The van der Waals surface area contributed by atoms with E-state index in [0.29, 0.717) is 12.1 Å². The van der Waals surface area contributed by atoms with Gasteiger partial charge in [-0.15, -0.1) is 0 Å². The largest absolute Gasteiger partial charge is 0.374 e. The minimum Gasteiger partial charge on any atom is -0.374 e. The number of ketones is 1. The van der Waals surface area contributed by atoms with E-state index in [1.807, 2.05) is 12.1 Å². The van der Waals surface area contributed by atoms with Crippen LogP contribution in [0.1, 0.15) is 12.5 Å². The number of hydrogen-bond donors (Lipinski definition) is 1. The predicted molar refractivity (Wildman–Crippen MR) is 58.1 cm³/mol. The normalized spacial score (nSPS) is 8.27. The molecule has 0 aliphatic rings. The average Bonchev–Trinajstić information content (AvgIpc) is 2.24. The molecular weight excluding hydrogens is 188 g/mol. The lowest BCUT2D eigenvalue weighted by Crippen LogP contribution is -1.99. The maximum Gasteiger partial charge on any atom is 0.202 e. The lowest BCUT2D eigenvalue weighted by molar-refractivity contribution is -0.111. The first-order valence-electron chi connectivity index (χ1n) is 4.46. The third kappa shape index (κ3) is 3.97. The van der Waals surface area contributed by atoms with E-state index in [4.69, 9.17) is 5.26 Å². The molecule has 0 radical (unpaired) electrons. The van der Waals surface area contributed by atoms with Crippen molar-refractivity contribution in [3.8, 4) is 17.9 Å². The smallest absolute Gasteiger partial charge is 0.202 e. The van der Waals surface area contributed by atoms with Gasteiger partial charge in [-0.1, -0.05) is 12.0 Å². The molecule has 3 heteroatoms. The fourth-order valence-electron chi connectivity index (χ4n) is 1.01. The van der Waals surface area contributed by atoms with Crippen molar-refractivity contribution in [2.45, 2.75) is 6.92 Å². The monoisotopic (exact) mass is 198 g/mol. The number of rotatable bonds is 2. The zero-order chi connectivity index (χ0) is 11.1. The van der Waals surface area contributed by atoms with Crippen LogP contribution in [0.5, 0.6) is 0 Å². The number of anilines is 1. The molecule has 0 spiro atoms. The zero-order valence-corrected chi connectivity index (χ0v) is 8.37. The third-order valence-electron chi connectivity index (χ3n) is 1.64. The van der Waals surface area contributed by atoms with Crippen LogP contribution in [-0.2, 0) is 4.79 Å². The molecule has 0 bridgehead atoms. The predicted octanol–water partition coefficient (Wildman–Crippen LogP) is 1.56. The second-order valence-electron chi connectivity index (χ2n) is 2.90. The molecule has 0 saturated carbocycles. The first kappa shape index (κ1) is 10.8. The van der Waals surface area contributed by atoms with Crippen molar-refractivity contribution in [3.05, 3.63) is 29.8 Å². The Hall–Kier alpha value is -2.26. The summed E-state index contributed by atoms with van der Waals surface area (Å²) in [7, 11) is 0. The van der Waals surface area contributed by atoms with Crippen LogP contribution in [-0.4, -0.2) is 12.3 Å². The first-order chi connectivity index (χ1) is 7.22. The Balaban J connectivity index is 2.56. The second kappa shape index (κ2) is 5.47. The number of Topliss-reactive ketones (excluding diaryl/α,β-unsaturated/α-hetero) is 1. The zero-order valence-electron chi connectivity index (χ0n) is 8.37. The molecule has 1 rings (SSSR count). The van der Waals surface area contributed by atoms with Crippen molar-refractivity contribution < 1.29 is 4.79 Å². The highest BCUT2D eigenvalue weighted by atomic mass is 16.1. The average molecular weight is 198 g/mol. The molecule has 0 aliphatic heterocycles. The summed E-state index contributed by atoms with van der Waals surface area (Å²) in [5, 5.41) is 11.7. The molecule has 74 valence electrons. The minimum absolute atomic E-state index is 0.150. The van der Waals surface area contributed by atoms with E-state index in [2.05, 4.69) is 17.2 Å². The van der Waals surface area contributed by atoms with Crippen LogP contribution in [0.25, 0.3) is 0 Å². The summed E-state index contributed by atoms with van der Waals surface area (Å²) in [5.74, 6) is 4.95. The highest BCUT2D eigenvalue weighted by Crippen LogP contribution is 2.08. The number of nitriles is 1. The van der Waals surface area contributed by atoms with Gasteiger partial charge in [0.15, 0.2) is 0 Å². The number of hydrogen-bond acceptors (Lipinski definition) is 3. The number of benzene rings is 1. The lowest BCUT2D eigenvalue weighted by atomic mass is 10.2. The summed E-state index contributed by atoms with van der Waals surface area (Å²) in [6.45, 7) is 1.82. The minimum atomic E-state index is -0.150. The molecule has 3 nitrogen and oxygen atoms in total. The van der Waals surface area contributed by atoms with Crippen molar-refractivity contribution in [1.29, 1.82) is 5.26 Å². The van der Waals surface area contributed by atoms with Gasteiger partial charge in [0.2, 0.25) is 5.78 Å². The maximum absolute atomic E-state index is 10.5. The van der Waals surface area contributed by atoms with Crippen molar-refractivity contribution in [2.24, 2.45) is 0 Å². The van der Waals surface area contributed by atoms with Gasteiger partial charge in [0.05, 0.1) is 18.2 Å². The number of carbonyl (C=O) groups excluding carboxylic acids is 1. The van der Waals surface area contributed by atoms with E-state index < -0.39 is 0 Å². The van der Waals surface area contributed by atoms with Crippen LogP contribution >= 0.6 is 0 Å². The van der Waals surface area contributed by atoms with E-state index in [0.717, 1.165) is 5.69 Å².